The average molecular weight is 404 g/mol. The summed E-state index contributed by atoms with van der Waals surface area (Å²) in [4.78, 5) is 17.0. The Hall–Kier alpha value is -2.81. The van der Waals surface area contributed by atoms with Crippen molar-refractivity contribution in [1.29, 1.82) is 0 Å². The van der Waals surface area contributed by atoms with Crippen LogP contribution >= 0.6 is 0 Å². The molecule has 156 valence electrons. The molecule has 1 fully saturated rings. The number of piperidine rings is 1. The quantitative estimate of drug-likeness (QED) is 0.353. The van der Waals surface area contributed by atoms with Crippen LogP contribution in [0.4, 0.5) is 14.6 Å². The Balaban J connectivity index is 1.57. The number of alkyl halides is 2. The largest absolute Gasteiger partial charge is 0.506 e. The van der Waals surface area contributed by atoms with Crippen LogP contribution in [0.1, 0.15) is 26.2 Å². The first kappa shape index (κ1) is 20.9. The molecule has 2 aromatic rings. The second-order valence-electron chi connectivity index (χ2n) is 7.05. The molecule has 0 amide bonds. The number of aliphatic hydroxyl groups is 1. The summed E-state index contributed by atoms with van der Waals surface area (Å²) in [7, 11) is 0. The van der Waals surface area contributed by atoms with Gasteiger partial charge in [-0.05, 0) is 31.4 Å². The molecule has 29 heavy (non-hydrogen) atoms. The van der Waals surface area contributed by atoms with Gasteiger partial charge in [0.15, 0.2) is 0 Å². The van der Waals surface area contributed by atoms with Gasteiger partial charge >= 0.3 is 0 Å². The zero-order valence-corrected chi connectivity index (χ0v) is 16.4. The van der Waals surface area contributed by atoms with Crippen molar-refractivity contribution in [3.63, 3.8) is 0 Å². The molecule has 0 unspecified atom stereocenters. The van der Waals surface area contributed by atoms with Crippen LogP contribution in [-0.2, 0) is 0 Å². The molecule has 0 spiro atoms. The van der Waals surface area contributed by atoms with Crippen molar-refractivity contribution in [1.82, 2.24) is 19.9 Å². The number of fused-ring (bicyclic) bond motifs is 1. The van der Waals surface area contributed by atoms with Crippen LogP contribution in [0.15, 0.2) is 48.2 Å². The van der Waals surface area contributed by atoms with E-state index in [4.69, 9.17) is 0 Å². The van der Waals surface area contributed by atoms with Crippen LogP contribution < -0.4 is 5.32 Å². The zero-order chi connectivity index (χ0) is 20.9. The first-order valence-corrected chi connectivity index (χ1v) is 9.66. The Labute approximate surface area is 168 Å². The SMILES string of the molecule is C=C/C(O)=C\N=C(CC)C(F)(F)CN1CCC(Nc2ncnc3[nH]ccc23)CC1. The summed E-state index contributed by atoms with van der Waals surface area (Å²) >= 11 is 0. The van der Waals surface area contributed by atoms with Crippen LogP contribution in [-0.4, -0.2) is 62.3 Å². The molecule has 9 heteroatoms. The van der Waals surface area contributed by atoms with E-state index in [2.05, 4.69) is 31.8 Å². The van der Waals surface area contributed by atoms with Gasteiger partial charge < -0.3 is 15.4 Å². The molecule has 3 rings (SSSR count). The third kappa shape index (κ3) is 5.17. The number of likely N-dealkylation sites (tertiary alicyclic amines) is 1. The number of halogens is 2. The summed E-state index contributed by atoms with van der Waals surface area (Å²) in [5.41, 5.74) is 0.518. The highest BCUT2D eigenvalue weighted by molar-refractivity contribution is 5.91. The van der Waals surface area contributed by atoms with Crippen molar-refractivity contribution in [2.75, 3.05) is 25.0 Å². The summed E-state index contributed by atoms with van der Waals surface area (Å²) in [6.45, 7) is 5.73. The maximum atomic E-state index is 14.7. The summed E-state index contributed by atoms with van der Waals surface area (Å²) in [6, 6.07) is 2.08. The van der Waals surface area contributed by atoms with Crippen LogP contribution in [0.2, 0.25) is 0 Å². The first-order chi connectivity index (χ1) is 13.9. The topological polar surface area (TPSA) is 89.4 Å². The van der Waals surface area contributed by atoms with E-state index in [9.17, 15) is 13.9 Å². The number of hydrogen-bond acceptors (Lipinski definition) is 6. The van der Waals surface area contributed by atoms with Gasteiger partial charge in [0, 0.05) is 25.3 Å². The maximum absolute atomic E-state index is 14.7. The highest BCUT2D eigenvalue weighted by atomic mass is 19.3. The molecule has 1 saturated heterocycles. The maximum Gasteiger partial charge on any atom is 0.298 e. The fourth-order valence-corrected chi connectivity index (χ4v) is 3.43. The van der Waals surface area contributed by atoms with Gasteiger partial charge in [-0.1, -0.05) is 13.5 Å². The lowest BCUT2D eigenvalue weighted by molar-refractivity contribution is 0.0237. The zero-order valence-electron chi connectivity index (χ0n) is 16.4. The molecule has 3 N–H and O–H groups in total. The Morgan fingerprint density at radius 3 is 2.90 bits per heavy atom. The lowest BCUT2D eigenvalue weighted by Gasteiger charge is -2.34. The number of allylic oxidation sites excluding steroid dienone is 1. The van der Waals surface area contributed by atoms with E-state index in [0.29, 0.717) is 13.1 Å². The second kappa shape index (κ2) is 9.13. The fourth-order valence-electron chi connectivity index (χ4n) is 3.43. The molecule has 0 aliphatic carbocycles. The smallest absolute Gasteiger partial charge is 0.298 e. The minimum absolute atomic E-state index is 0.103. The molecular weight excluding hydrogens is 378 g/mol. The van der Waals surface area contributed by atoms with Gasteiger partial charge in [-0.25, -0.2) is 9.97 Å². The number of nitrogens with one attached hydrogen (secondary N) is 2. The van der Waals surface area contributed by atoms with Gasteiger partial charge in [0.25, 0.3) is 5.92 Å². The number of H-pyrrole nitrogens is 1. The van der Waals surface area contributed by atoms with Crippen LogP contribution in [0, 0.1) is 0 Å². The minimum Gasteiger partial charge on any atom is -0.506 e. The normalized spacial score (nSPS) is 17.6. The third-order valence-corrected chi connectivity index (χ3v) is 5.02. The molecule has 0 radical (unpaired) electrons. The highest BCUT2D eigenvalue weighted by Crippen LogP contribution is 2.25. The molecule has 0 aromatic carbocycles. The lowest BCUT2D eigenvalue weighted by Crippen LogP contribution is -2.47. The van der Waals surface area contributed by atoms with E-state index < -0.39 is 5.92 Å². The number of aromatic nitrogens is 3. The van der Waals surface area contributed by atoms with Gasteiger partial charge in [0.2, 0.25) is 0 Å². The van der Waals surface area contributed by atoms with Crippen LogP contribution in [0.25, 0.3) is 11.0 Å². The van der Waals surface area contributed by atoms with E-state index in [-0.39, 0.29) is 30.5 Å². The molecular formula is C20H26F2N6O. The number of hydrogen-bond donors (Lipinski definition) is 3. The molecule has 0 bridgehead atoms. The molecule has 1 aliphatic rings. The van der Waals surface area contributed by atoms with Gasteiger partial charge in [0.1, 0.15) is 23.6 Å². The predicted molar refractivity (Wildman–Crippen MR) is 111 cm³/mol. The molecule has 1 aliphatic heterocycles. The standard InChI is InChI=1S/C20H26F2N6O/c1-3-15(29)11-24-17(4-2)20(21,22)12-28-9-6-14(7-10-28)27-19-16-5-8-23-18(16)25-13-26-19/h3,5,8,11,13-14,29H,1,4,6-7,9-10,12H2,2H3,(H2,23,25,26,27)/b15-11+,24-17?. The average Bonchev–Trinajstić information content (AvgIpc) is 3.19. The van der Waals surface area contributed by atoms with Crippen LogP contribution in [0.5, 0.6) is 0 Å². The Bertz CT molecular complexity index is 899. The van der Waals surface area contributed by atoms with Crippen molar-refractivity contribution in [3.05, 3.63) is 43.2 Å². The first-order valence-electron chi connectivity index (χ1n) is 9.66. The van der Waals surface area contributed by atoms with Crippen LogP contribution in [0.3, 0.4) is 0 Å². The predicted octanol–water partition coefficient (Wildman–Crippen LogP) is 3.91. The molecule has 0 saturated carbocycles. The van der Waals surface area contributed by atoms with E-state index >= 15 is 0 Å². The monoisotopic (exact) mass is 404 g/mol. The van der Waals surface area contributed by atoms with E-state index in [0.717, 1.165) is 42.0 Å². The van der Waals surface area contributed by atoms with Crippen molar-refractivity contribution >= 4 is 22.6 Å². The lowest BCUT2D eigenvalue weighted by atomic mass is 10.0. The number of aliphatic imine (C=N–C) groups is 1. The van der Waals surface area contributed by atoms with Gasteiger partial charge in [-0.3, -0.25) is 9.89 Å². The summed E-state index contributed by atoms with van der Waals surface area (Å²) in [5.74, 6) is -2.54. The van der Waals surface area contributed by atoms with Crippen molar-refractivity contribution in [2.45, 2.75) is 38.2 Å². The second-order valence-corrected chi connectivity index (χ2v) is 7.05. The highest BCUT2D eigenvalue weighted by Gasteiger charge is 2.37. The van der Waals surface area contributed by atoms with Crippen molar-refractivity contribution in [3.8, 4) is 0 Å². The Kier molecular flexibility index (Phi) is 6.58. The van der Waals surface area contributed by atoms with Crippen molar-refractivity contribution < 1.29 is 13.9 Å². The van der Waals surface area contributed by atoms with E-state index in [1.165, 1.54) is 6.33 Å². The van der Waals surface area contributed by atoms with Gasteiger partial charge in [0.05, 0.1) is 23.8 Å². The molecule has 0 atom stereocenters. The summed E-state index contributed by atoms with van der Waals surface area (Å²) in [5, 5.41) is 13.7. The van der Waals surface area contributed by atoms with Crippen molar-refractivity contribution in [2.24, 2.45) is 4.99 Å². The fraction of sp³-hybridized carbons (Fsp3) is 0.450. The number of anilines is 1. The van der Waals surface area contributed by atoms with E-state index in [1.54, 1.807) is 11.8 Å². The minimum atomic E-state index is -3.06. The van der Waals surface area contributed by atoms with Gasteiger partial charge in [-0.15, -0.1) is 0 Å². The Morgan fingerprint density at radius 1 is 1.45 bits per heavy atom. The molecule has 3 heterocycles. The van der Waals surface area contributed by atoms with Gasteiger partial charge in [-0.2, -0.15) is 8.78 Å². The molecule has 7 nitrogen and oxygen atoms in total. The van der Waals surface area contributed by atoms with E-state index in [1.807, 2.05) is 12.3 Å². The third-order valence-electron chi connectivity index (χ3n) is 5.02. The summed E-state index contributed by atoms with van der Waals surface area (Å²) < 4.78 is 29.3. The number of aromatic amines is 1. The number of nitrogens with zero attached hydrogens (tertiary/aromatic N) is 4. The number of rotatable bonds is 8. The Morgan fingerprint density at radius 2 is 2.21 bits per heavy atom. The molecule has 2 aromatic heterocycles. The summed E-state index contributed by atoms with van der Waals surface area (Å²) in [6.07, 6.45) is 7.06. The number of aliphatic hydroxyl groups excluding tert-OH is 1.